The molecule has 0 saturated carbocycles. The van der Waals surface area contributed by atoms with E-state index in [0.717, 1.165) is 36.6 Å². The second-order valence-electron chi connectivity index (χ2n) is 5.02. The molecule has 108 valence electrons. The molecule has 1 heterocycles. The summed E-state index contributed by atoms with van der Waals surface area (Å²) in [5.41, 5.74) is 1.75. The molecule has 4 heteroatoms. The van der Waals surface area contributed by atoms with Gasteiger partial charge in [0, 0.05) is 19.3 Å². The monoisotopic (exact) mass is 275 g/mol. The maximum absolute atomic E-state index is 13.5. The summed E-state index contributed by atoms with van der Waals surface area (Å²) in [6.07, 6.45) is 5.01. The summed E-state index contributed by atoms with van der Waals surface area (Å²) >= 11 is 0. The Morgan fingerprint density at radius 1 is 1.30 bits per heavy atom. The number of aromatic nitrogens is 2. The van der Waals surface area contributed by atoms with Crippen LogP contribution in [0.1, 0.15) is 31.0 Å². The van der Waals surface area contributed by atoms with Crippen molar-refractivity contribution >= 4 is 5.95 Å². The molecule has 0 radical (unpaired) electrons. The number of rotatable bonds is 7. The topological polar surface area (TPSA) is 29.9 Å². The van der Waals surface area contributed by atoms with Crippen molar-refractivity contribution < 1.29 is 4.39 Å². The molecule has 0 aliphatic heterocycles. The van der Waals surface area contributed by atoms with E-state index in [9.17, 15) is 4.39 Å². The van der Waals surface area contributed by atoms with Crippen LogP contribution in [0.5, 0.6) is 0 Å². The zero-order valence-electron chi connectivity index (χ0n) is 12.2. The molecule has 3 nitrogen and oxygen atoms in total. The lowest BCUT2D eigenvalue weighted by Gasteiger charge is -2.09. The van der Waals surface area contributed by atoms with Crippen LogP contribution in [0.3, 0.4) is 0 Å². The van der Waals surface area contributed by atoms with Gasteiger partial charge in [-0.1, -0.05) is 31.5 Å². The Morgan fingerprint density at radius 3 is 2.85 bits per heavy atom. The van der Waals surface area contributed by atoms with Gasteiger partial charge in [0.05, 0.1) is 5.69 Å². The molecule has 1 N–H and O–H groups in total. The fourth-order valence-corrected chi connectivity index (χ4v) is 2.20. The molecule has 2 aromatic rings. The van der Waals surface area contributed by atoms with Crippen molar-refractivity contribution in [2.75, 3.05) is 11.9 Å². The summed E-state index contributed by atoms with van der Waals surface area (Å²) in [5, 5.41) is 3.30. The Bertz CT molecular complexity index is 548. The Hall–Kier alpha value is -1.84. The Balaban J connectivity index is 1.92. The van der Waals surface area contributed by atoms with E-state index in [1.807, 2.05) is 19.1 Å². The fraction of sp³-hybridized carbons (Fsp3) is 0.438. The molecular formula is C16H22FN3. The quantitative estimate of drug-likeness (QED) is 0.833. The van der Waals surface area contributed by atoms with Gasteiger partial charge in [0.15, 0.2) is 0 Å². The molecule has 0 spiro atoms. The Morgan fingerprint density at radius 2 is 2.10 bits per heavy atom. The van der Waals surface area contributed by atoms with Crippen molar-refractivity contribution in [2.45, 2.75) is 39.7 Å². The summed E-state index contributed by atoms with van der Waals surface area (Å²) in [6.45, 7) is 5.82. The predicted octanol–water partition coefficient (Wildman–Crippen LogP) is 3.79. The number of benzene rings is 1. The first-order valence-electron chi connectivity index (χ1n) is 7.21. The molecule has 0 aliphatic carbocycles. The number of aryl methyl sites for hydroxylation is 2. The molecule has 1 aromatic heterocycles. The molecule has 0 fully saturated rings. The highest BCUT2D eigenvalue weighted by Crippen LogP contribution is 2.11. The maximum Gasteiger partial charge on any atom is 0.203 e. The molecule has 0 bridgehead atoms. The third kappa shape index (κ3) is 3.83. The predicted molar refractivity (Wildman–Crippen MR) is 80.5 cm³/mol. The van der Waals surface area contributed by atoms with E-state index in [4.69, 9.17) is 0 Å². The van der Waals surface area contributed by atoms with E-state index in [1.165, 1.54) is 6.07 Å². The average Bonchev–Trinajstić information content (AvgIpc) is 2.79. The number of halogens is 1. The van der Waals surface area contributed by atoms with Gasteiger partial charge in [-0.25, -0.2) is 9.37 Å². The first-order chi connectivity index (χ1) is 9.70. The van der Waals surface area contributed by atoms with Gasteiger partial charge in [-0.15, -0.1) is 0 Å². The average molecular weight is 275 g/mol. The van der Waals surface area contributed by atoms with Crippen molar-refractivity contribution in [3.63, 3.8) is 0 Å². The van der Waals surface area contributed by atoms with Gasteiger partial charge in [-0.2, -0.15) is 0 Å². The van der Waals surface area contributed by atoms with Gasteiger partial charge in [-0.3, -0.25) is 0 Å². The third-order valence-electron chi connectivity index (χ3n) is 3.28. The van der Waals surface area contributed by atoms with Crippen molar-refractivity contribution in [1.29, 1.82) is 0 Å². The van der Waals surface area contributed by atoms with Gasteiger partial charge in [0.2, 0.25) is 5.95 Å². The lowest BCUT2D eigenvalue weighted by molar-refractivity contribution is 0.609. The van der Waals surface area contributed by atoms with Crippen LogP contribution < -0.4 is 5.32 Å². The van der Waals surface area contributed by atoms with E-state index < -0.39 is 0 Å². The van der Waals surface area contributed by atoms with Crippen molar-refractivity contribution in [3.05, 3.63) is 47.5 Å². The molecule has 20 heavy (non-hydrogen) atoms. The second kappa shape index (κ2) is 7.08. The van der Waals surface area contributed by atoms with E-state index >= 15 is 0 Å². The third-order valence-corrected chi connectivity index (χ3v) is 3.28. The minimum atomic E-state index is -0.139. The van der Waals surface area contributed by atoms with Crippen LogP contribution >= 0.6 is 0 Å². The van der Waals surface area contributed by atoms with Crippen molar-refractivity contribution in [2.24, 2.45) is 0 Å². The minimum Gasteiger partial charge on any atom is -0.355 e. The van der Waals surface area contributed by atoms with Crippen molar-refractivity contribution in [3.8, 4) is 0 Å². The molecule has 0 atom stereocenters. The standard InChI is InChI=1S/C16H22FN3/c1-3-4-11-20-12-13(2)19-16(20)18-10-9-14-7-5-6-8-15(14)17/h5-8,12H,3-4,9-11H2,1-2H3,(H,18,19). The number of nitrogens with zero attached hydrogens (tertiary/aromatic N) is 2. The van der Waals surface area contributed by atoms with Gasteiger partial charge in [0.1, 0.15) is 5.82 Å². The zero-order chi connectivity index (χ0) is 14.4. The normalized spacial score (nSPS) is 10.8. The largest absolute Gasteiger partial charge is 0.355 e. The summed E-state index contributed by atoms with van der Waals surface area (Å²) in [6, 6.07) is 6.91. The SMILES string of the molecule is CCCCn1cc(C)nc1NCCc1ccccc1F. The summed E-state index contributed by atoms with van der Waals surface area (Å²) in [7, 11) is 0. The molecule has 0 unspecified atom stereocenters. The van der Waals surface area contributed by atoms with E-state index in [1.54, 1.807) is 6.07 Å². The molecule has 0 saturated heterocycles. The molecule has 0 amide bonds. The highest BCUT2D eigenvalue weighted by Gasteiger charge is 2.05. The maximum atomic E-state index is 13.5. The molecule has 2 rings (SSSR count). The lowest BCUT2D eigenvalue weighted by atomic mass is 10.1. The van der Waals surface area contributed by atoms with E-state index in [-0.39, 0.29) is 5.82 Å². The van der Waals surface area contributed by atoms with Gasteiger partial charge >= 0.3 is 0 Å². The number of imidazole rings is 1. The van der Waals surface area contributed by atoms with Crippen LogP contribution in [-0.4, -0.2) is 16.1 Å². The highest BCUT2D eigenvalue weighted by atomic mass is 19.1. The number of anilines is 1. The number of hydrogen-bond acceptors (Lipinski definition) is 2. The van der Waals surface area contributed by atoms with Crippen molar-refractivity contribution in [1.82, 2.24) is 9.55 Å². The van der Waals surface area contributed by atoms with Crippen LogP contribution in [0.25, 0.3) is 0 Å². The van der Waals surface area contributed by atoms with E-state index in [2.05, 4.69) is 28.0 Å². The summed E-state index contributed by atoms with van der Waals surface area (Å²) < 4.78 is 15.7. The van der Waals surface area contributed by atoms with E-state index in [0.29, 0.717) is 13.0 Å². The Kier molecular flexibility index (Phi) is 5.16. The first kappa shape index (κ1) is 14.6. The lowest BCUT2D eigenvalue weighted by Crippen LogP contribution is -2.11. The fourth-order valence-electron chi connectivity index (χ4n) is 2.20. The van der Waals surface area contributed by atoms with Gasteiger partial charge < -0.3 is 9.88 Å². The number of nitrogens with one attached hydrogen (secondary N) is 1. The van der Waals surface area contributed by atoms with Gasteiger partial charge in [-0.05, 0) is 31.4 Å². The van der Waals surface area contributed by atoms with Gasteiger partial charge in [0.25, 0.3) is 0 Å². The molecule has 0 aliphatic rings. The number of hydrogen-bond donors (Lipinski definition) is 1. The Labute approximate surface area is 119 Å². The smallest absolute Gasteiger partial charge is 0.203 e. The summed E-state index contributed by atoms with van der Waals surface area (Å²) in [5.74, 6) is 0.743. The minimum absolute atomic E-state index is 0.139. The first-order valence-corrected chi connectivity index (χ1v) is 7.21. The van der Waals surface area contributed by atoms with Crippen LogP contribution in [0, 0.1) is 12.7 Å². The molecular weight excluding hydrogens is 253 g/mol. The second-order valence-corrected chi connectivity index (χ2v) is 5.02. The number of unbranched alkanes of at least 4 members (excludes halogenated alkanes) is 1. The molecule has 1 aromatic carbocycles. The highest BCUT2D eigenvalue weighted by molar-refractivity contribution is 5.29. The van der Waals surface area contributed by atoms with Crippen LogP contribution in [0.15, 0.2) is 30.5 Å². The zero-order valence-corrected chi connectivity index (χ0v) is 12.2. The van der Waals surface area contributed by atoms with Crippen LogP contribution in [0.4, 0.5) is 10.3 Å². The summed E-state index contributed by atoms with van der Waals surface area (Å²) in [4.78, 5) is 4.48. The van der Waals surface area contributed by atoms with Crippen LogP contribution in [0.2, 0.25) is 0 Å². The van der Waals surface area contributed by atoms with Crippen LogP contribution in [-0.2, 0) is 13.0 Å².